The van der Waals surface area contributed by atoms with Crippen LogP contribution in [0.15, 0.2) is 18.2 Å². The molecule has 1 fully saturated rings. The fourth-order valence-electron chi connectivity index (χ4n) is 3.61. The largest absolute Gasteiger partial charge is 0.450 e. The standard InChI is InChI=1S/C19H22N4O7/c1-2-30-19(27)21-9-6-12(7-10-21)20-15(24)8-11-22-17(25)13-4-3-5-14(23(28)29)16(13)18(22)26/h3-5,12H,2,6-11H2,1H3,(H,20,24). The summed E-state index contributed by atoms with van der Waals surface area (Å²) in [5.74, 6) is -1.75. The molecule has 0 spiro atoms. The summed E-state index contributed by atoms with van der Waals surface area (Å²) in [7, 11) is 0. The summed E-state index contributed by atoms with van der Waals surface area (Å²) < 4.78 is 4.95. The van der Waals surface area contributed by atoms with Gasteiger partial charge in [0, 0.05) is 38.2 Å². The molecule has 1 aromatic carbocycles. The van der Waals surface area contributed by atoms with Gasteiger partial charge in [-0.25, -0.2) is 4.79 Å². The Balaban J connectivity index is 1.52. The molecule has 2 aliphatic heterocycles. The number of nitrogens with zero attached hydrogens (tertiary/aromatic N) is 3. The van der Waals surface area contributed by atoms with Crippen LogP contribution in [0.3, 0.4) is 0 Å². The molecule has 0 saturated carbocycles. The van der Waals surface area contributed by atoms with E-state index in [4.69, 9.17) is 4.74 Å². The van der Waals surface area contributed by atoms with E-state index in [1.54, 1.807) is 11.8 Å². The zero-order chi connectivity index (χ0) is 21.8. The number of piperidine rings is 1. The van der Waals surface area contributed by atoms with Crippen molar-refractivity contribution >= 4 is 29.5 Å². The van der Waals surface area contributed by atoms with Gasteiger partial charge in [-0.2, -0.15) is 0 Å². The Morgan fingerprint density at radius 2 is 1.93 bits per heavy atom. The van der Waals surface area contributed by atoms with Gasteiger partial charge >= 0.3 is 6.09 Å². The van der Waals surface area contributed by atoms with Crippen LogP contribution in [0.2, 0.25) is 0 Å². The molecule has 3 rings (SSSR count). The number of ether oxygens (including phenoxy) is 1. The van der Waals surface area contributed by atoms with Gasteiger partial charge in [0.15, 0.2) is 0 Å². The number of likely N-dealkylation sites (tertiary alicyclic amines) is 1. The highest BCUT2D eigenvalue weighted by atomic mass is 16.6. The maximum absolute atomic E-state index is 12.5. The third-order valence-corrected chi connectivity index (χ3v) is 5.12. The van der Waals surface area contributed by atoms with Crippen LogP contribution in [0, 0.1) is 10.1 Å². The Kier molecular flexibility index (Phi) is 6.28. The molecule has 0 unspecified atom stereocenters. The minimum absolute atomic E-state index is 0.0269. The number of hydrogen-bond donors (Lipinski definition) is 1. The van der Waals surface area contributed by atoms with Gasteiger partial charge in [0.25, 0.3) is 17.5 Å². The summed E-state index contributed by atoms with van der Waals surface area (Å²) in [5.41, 5.74) is -0.689. The second-order valence-corrected chi connectivity index (χ2v) is 7.00. The molecule has 0 bridgehead atoms. The lowest BCUT2D eigenvalue weighted by molar-refractivity contribution is -0.385. The third kappa shape index (κ3) is 4.24. The third-order valence-electron chi connectivity index (χ3n) is 5.12. The van der Waals surface area contributed by atoms with E-state index in [0.717, 1.165) is 4.90 Å². The van der Waals surface area contributed by atoms with Gasteiger partial charge in [0.2, 0.25) is 5.91 Å². The van der Waals surface area contributed by atoms with Crippen LogP contribution < -0.4 is 5.32 Å². The maximum atomic E-state index is 12.5. The Morgan fingerprint density at radius 1 is 1.23 bits per heavy atom. The zero-order valence-corrected chi connectivity index (χ0v) is 16.5. The topological polar surface area (TPSA) is 139 Å². The average molecular weight is 418 g/mol. The summed E-state index contributed by atoms with van der Waals surface area (Å²) in [5, 5.41) is 14.0. The monoisotopic (exact) mass is 418 g/mol. The van der Waals surface area contributed by atoms with Crippen molar-refractivity contribution in [1.29, 1.82) is 0 Å². The Morgan fingerprint density at radius 3 is 2.57 bits per heavy atom. The Hall–Kier alpha value is -3.50. The first-order valence-corrected chi connectivity index (χ1v) is 9.68. The molecule has 0 radical (unpaired) electrons. The number of fused-ring (bicyclic) bond motifs is 1. The minimum atomic E-state index is -0.766. The van der Waals surface area contributed by atoms with Crippen molar-refractivity contribution in [2.45, 2.75) is 32.2 Å². The van der Waals surface area contributed by atoms with Crippen molar-refractivity contribution in [3.8, 4) is 0 Å². The summed E-state index contributed by atoms with van der Waals surface area (Å²) in [4.78, 5) is 61.8. The van der Waals surface area contributed by atoms with E-state index >= 15 is 0 Å². The first-order valence-electron chi connectivity index (χ1n) is 9.68. The van der Waals surface area contributed by atoms with Crippen LogP contribution in [0.1, 0.15) is 46.9 Å². The molecule has 0 aromatic heterocycles. The molecule has 11 nitrogen and oxygen atoms in total. The molecule has 30 heavy (non-hydrogen) atoms. The first-order chi connectivity index (χ1) is 14.3. The Labute approximate surface area is 172 Å². The molecule has 2 aliphatic rings. The number of carbonyl (C=O) groups is 4. The van der Waals surface area contributed by atoms with E-state index in [1.165, 1.54) is 18.2 Å². The summed E-state index contributed by atoms with van der Waals surface area (Å²) >= 11 is 0. The molecule has 1 aromatic rings. The highest BCUT2D eigenvalue weighted by Gasteiger charge is 2.40. The van der Waals surface area contributed by atoms with Crippen LogP contribution in [0.4, 0.5) is 10.5 Å². The van der Waals surface area contributed by atoms with Gasteiger partial charge in [-0.15, -0.1) is 0 Å². The number of carbonyl (C=O) groups excluding carboxylic acids is 4. The van der Waals surface area contributed by atoms with Crippen molar-refractivity contribution in [3.63, 3.8) is 0 Å². The van der Waals surface area contributed by atoms with E-state index in [2.05, 4.69) is 5.32 Å². The molecule has 4 amide bonds. The number of imide groups is 1. The summed E-state index contributed by atoms with van der Waals surface area (Å²) in [6.45, 7) is 2.79. The quantitative estimate of drug-likeness (QED) is 0.417. The fraction of sp³-hybridized carbons (Fsp3) is 0.474. The Bertz CT molecular complexity index is 893. The van der Waals surface area contributed by atoms with Crippen LogP contribution in [-0.4, -0.2) is 70.8 Å². The molecule has 2 heterocycles. The van der Waals surface area contributed by atoms with Crippen molar-refractivity contribution in [2.75, 3.05) is 26.2 Å². The number of nitro groups is 1. The highest BCUT2D eigenvalue weighted by molar-refractivity contribution is 6.23. The van der Waals surface area contributed by atoms with Crippen molar-refractivity contribution in [3.05, 3.63) is 39.4 Å². The van der Waals surface area contributed by atoms with E-state index in [1.807, 2.05) is 0 Å². The lowest BCUT2D eigenvalue weighted by Crippen LogP contribution is -2.47. The van der Waals surface area contributed by atoms with Gasteiger partial charge in [-0.1, -0.05) is 6.07 Å². The van der Waals surface area contributed by atoms with Crippen LogP contribution in [0.5, 0.6) is 0 Å². The van der Waals surface area contributed by atoms with Crippen molar-refractivity contribution < 1.29 is 28.8 Å². The van der Waals surface area contributed by atoms with Crippen LogP contribution in [-0.2, 0) is 9.53 Å². The second-order valence-electron chi connectivity index (χ2n) is 7.00. The lowest BCUT2D eigenvalue weighted by Gasteiger charge is -2.31. The number of nitrogens with one attached hydrogen (secondary N) is 1. The molecular weight excluding hydrogens is 396 g/mol. The zero-order valence-electron chi connectivity index (χ0n) is 16.5. The SMILES string of the molecule is CCOC(=O)N1CCC(NC(=O)CCN2C(=O)c3cccc([N+](=O)[O-])c3C2=O)CC1. The second kappa shape index (κ2) is 8.89. The predicted octanol–water partition coefficient (Wildman–Crippen LogP) is 1.32. The number of amides is 4. The normalized spacial score (nSPS) is 16.4. The molecule has 11 heteroatoms. The van der Waals surface area contributed by atoms with Crippen LogP contribution >= 0.6 is 0 Å². The summed E-state index contributed by atoms with van der Waals surface area (Å²) in [6, 6.07) is 3.76. The molecule has 0 aliphatic carbocycles. The molecule has 1 saturated heterocycles. The van der Waals surface area contributed by atoms with Crippen molar-refractivity contribution in [2.24, 2.45) is 0 Å². The van der Waals surface area contributed by atoms with E-state index in [0.29, 0.717) is 32.5 Å². The molecular formula is C19H22N4O7. The smallest absolute Gasteiger partial charge is 0.409 e. The van der Waals surface area contributed by atoms with E-state index in [9.17, 15) is 29.3 Å². The van der Waals surface area contributed by atoms with Gasteiger partial charge < -0.3 is 15.0 Å². The van der Waals surface area contributed by atoms with Gasteiger partial charge in [-0.05, 0) is 25.8 Å². The minimum Gasteiger partial charge on any atom is -0.450 e. The number of hydrogen-bond acceptors (Lipinski definition) is 7. The summed E-state index contributed by atoms with van der Waals surface area (Å²) in [6.07, 6.45) is 0.659. The number of rotatable bonds is 6. The lowest BCUT2D eigenvalue weighted by atomic mass is 10.1. The molecule has 160 valence electrons. The molecule has 1 N–H and O–H groups in total. The predicted molar refractivity (Wildman–Crippen MR) is 103 cm³/mol. The van der Waals surface area contributed by atoms with E-state index < -0.39 is 22.4 Å². The van der Waals surface area contributed by atoms with Gasteiger partial charge in [-0.3, -0.25) is 29.4 Å². The fourth-order valence-corrected chi connectivity index (χ4v) is 3.61. The van der Waals surface area contributed by atoms with Gasteiger partial charge in [0.05, 0.1) is 17.1 Å². The maximum Gasteiger partial charge on any atom is 0.409 e. The van der Waals surface area contributed by atoms with Gasteiger partial charge in [0.1, 0.15) is 5.56 Å². The number of nitro benzene ring substituents is 1. The number of benzene rings is 1. The van der Waals surface area contributed by atoms with Crippen molar-refractivity contribution in [1.82, 2.24) is 15.1 Å². The highest BCUT2D eigenvalue weighted by Crippen LogP contribution is 2.30. The van der Waals surface area contributed by atoms with E-state index in [-0.39, 0.29) is 42.1 Å². The molecule has 0 atom stereocenters. The average Bonchev–Trinajstić information content (AvgIpc) is 2.97. The first kappa shape index (κ1) is 21.2. The van der Waals surface area contributed by atoms with Crippen LogP contribution in [0.25, 0.3) is 0 Å².